The highest BCUT2D eigenvalue weighted by Crippen LogP contribution is 2.64. The Labute approximate surface area is 413 Å². The molecular weight excluding hydrogens is 859 g/mol. The number of para-hydroxylation sites is 4. The van der Waals surface area contributed by atoms with Gasteiger partial charge in [-0.05, 0) is 136 Å². The summed E-state index contributed by atoms with van der Waals surface area (Å²) in [4.78, 5) is 2.54. The molecule has 2 aromatic heterocycles. The first-order chi connectivity index (χ1) is 35.1. The fourth-order valence-corrected chi connectivity index (χ4v) is 12.5. The second-order valence-corrected chi connectivity index (χ2v) is 18.8. The SMILES string of the molecule is C=C/C=C\C1=C(C)c2ccccc2C12c1ccccc1-c1c(N(c3ccc(-c4ccc5c(c4)c4ccccc4n5-c4ccccc4)cc3)c3cccc4c3c3ccccc3n4-c3ccccc3)cccc12. The van der Waals surface area contributed by atoms with Gasteiger partial charge in [0.2, 0.25) is 0 Å². The van der Waals surface area contributed by atoms with E-state index >= 15 is 0 Å². The average Bonchev–Trinajstić information content (AvgIpc) is 4.14. The molecule has 2 heterocycles. The quantitative estimate of drug-likeness (QED) is 0.139. The molecule has 3 heteroatoms. The highest BCUT2D eigenvalue weighted by atomic mass is 15.2. The Kier molecular flexibility index (Phi) is 9.18. The summed E-state index contributed by atoms with van der Waals surface area (Å²) in [6, 6.07) is 87.2. The predicted molar refractivity (Wildman–Crippen MR) is 299 cm³/mol. The lowest BCUT2D eigenvalue weighted by Crippen LogP contribution is -2.27. The van der Waals surface area contributed by atoms with E-state index < -0.39 is 5.41 Å². The van der Waals surface area contributed by atoms with E-state index in [2.05, 4.69) is 276 Å². The molecule has 2 aliphatic rings. The minimum atomic E-state index is -0.519. The lowest BCUT2D eigenvalue weighted by molar-refractivity contribution is 0.786. The molecule has 1 atom stereocenters. The topological polar surface area (TPSA) is 13.1 Å². The van der Waals surface area contributed by atoms with E-state index in [0.29, 0.717) is 0 Å². The van der Waals surface area contributed by atoms with Crippen LogP contribution in [0.15, 0.2) is 267 Å². The van der Waals surface area contributed by atoms with Gasteiger partial charge in [-0.1, -0.05) is 183 Å². The number of fused-ring (bicyclic) bond motifs is 13. The van der Waals surface area contributed by atoms with Crippen molar-refractivity contribution in [1.82, 2.24) is 9.13 Å². The molecular formula is C68H47N3. The number of allylic oxidation sites excluding steroid dienone is 5. The largest absolute Gasteiger partial charge is 0.309 e. The first-order valence-electron chi connectivity index (χ1n) is 24.6. The van der Waals surface area contributed by atoms with Crippen molar-refractivity contribution < 1.29 is 0 Å². The summed E-state index contributed by atoms with van der Waals surface area (Å²) in [5.41, 5.74) is 22.4. The number of rotatable bonds is 8. The van der Waals surface area contributed by atoms with E-state index in [0.717, 1.165) is 39.5 Å². The third kappa shape index (κ3) is 5.84. The van der Waals surface area contributed by atoms with Crippen molar-refractivity contribution in [2.75, 3.05) is 4.90 Å². The van der Waals surface area contributed by atoms with Gasteiger partial charge in [0.15, 0.2) is 0 Å². The summed E-state index contributed by atoms with van der Waals surface area (Å²) in [5, 5.41) is 4.89. The first-order valence-corrected chi connectivity index (χ1v) is 24.6. The van der Waals surface area contributed by atoms with Crippen LogP contribution in [0.1, 0.15) is 29.2 Å². The van der Waals surface area contributed by atoms with Gasteiger partial charge < -0.3 is 14.0 Å². The second kappa shape index (κ2) is 15.9. The minimum absolute atomic E-state index is 0.519. The summed E-state index contributed by atoms with van der Waals surface area (Å²) in [7, 11) is 0. The number of hydrogen-bond acceptors (Lipinski definition) is 1. The molecule has 334 valence electrons. The normalized spacial score (nSPS) is 14.8. The van der Waals surface area contributed by atoms with Crippen molar-refractivity contribution >= 4 is 66.2 Å². The summed E-state index contributed by atoms with van der Waals surface area (Å²) in [5.74, 6) is 0. The van der Waals surface area contributed by atoms with E-state index in [4.69, 9.17) is 0 Å². The maximum absolute atomic E-state index is 4.12. The molecule has 0 amide bonds. The molecule has 0 saturated heterocycles. The summed E-state index contributed by atoms with van der Waals surface area (Å²) < 4.78 is 4.80. The van der Waals surface area contributed by atoms with Crippen LogP contribution in [0.4, 0.5) is 17.1 Å². The number of hydrogen-bond donors (Lipinski definition) is 0. The Balaban J connectivity index is 1.02. The summed E-state index contributed by atoms with van der Waals surface area (Å²) >= 11 is 0. The lowest BCUT2D eigenvalue weighted by atomic mass is 9.69. The molecule has 0 fully saturated rings. The number of aromatic nitrogens is 2. The first kappa shape index (κ1) is 40.8. The van der Waals surface area contributed by atoms with Crippen LogP contribution in [0.25, 0.3) is 82.8 Å². The van der Waals surface area contributed by atoms with Gasteiger partial charge in [-0.2, -0.15) is 0 Å². The molecule has 71 heavy (non-hydrogen) atoms. The van der Waals surface area contributed by atoms with Gasteiger partial charge in [-0.25, -0.2) is 0 Å². The van der Waals surface area contributed by atoms with Gasteiger partial charge in [-0.15, -0.1) is 0 Å². The van der Waals surface area contributed by atoms with Crippen molar-refractivity contribution in [3.8, 4) is 33.6 Å². The summed E-state index contributed by atoms with van der Waals surface area (Å²) in [6.07, 6.45) is 6.30. The zero-order valence-electron chi connectivity index (χ0n) is 39.3. The van der Waals surface area contributed by atoms with Gasteiger partial charge in [-0.3, -0.25) is 0 Å². The number of benzene rings is 10. The van der Waals surface area contributed by atoms with Crippen molar-refractivity contribution in [1.29, 1.82) is 0 Å². The van der Waals surface area contributed by atoms with Gasteiger partial charge in [0, 0.05) is 44.2 Å². The smallest absolute Gasteiger partial charge is 0.0722 e. The van der Waals surface area contributed by atoms with Crippen LogP contribution >= 0.6 is 0 Å². The Morgan fingerprint density at radius 1 is 0.437 bits per heavy atom. The molecule has 0 N–H and O–H groups in total. The number of anilines is 3. The predicted octanol–water partition coefficient (Wildman–Crippen LogP) is 17.9. The third-order valence-corrected chi connectivity index (χ3v) is 15.3. The van der Waals surface area contributed by atoms with E-state index in [9.17, 15) is 0 Å². The van der Waals surface area contributed by atoms with E-state index in [1.54, 1.807) is 0 Å². The van der Waals surface area contributed by atoms with Crippen LogP contribution in [-0.4, -0.2) is 9.13 Å². The van der Waals surface area contributed by atoms with Crippen LogP contribution in [0.2, 0.25) is 0 Å². The molecule has 1 spiro atoms. The van der Waals surface area contributed by atoms with Gasteiger partial charge >= 0.3 is 0 Å². The van der Waals surface area contributed by atoms with Crippen LogP contribution in [-0.2, 0) is 5.41 Å². The molecule has 12 aromatic rings. The fourth-order valence-electron chi connectivity index (χ4n) is 12.5. The zero-order chi connectivity index (χ0) is 47.2. The Morgan fingerprint density at radius 2 is 0.972 bits per heavy atom. The highest BCUT2D eigenvalue weighted by Gasteiger charge is 2.52. The fraction of sp³-hybridized carbons (Fsp3) is 0.0294. The molecule has 14 rings (SSSR count). The van der Waals surface area contributed by atoms with Crippen molar-refractivity contribution in [2.24, 2.45) is 0 Å². The highest BCUT2D eigenvalue weighted by molar-refractivity contribution is 6.17. The molecule has 0 bridgehead atoms. The van der Waals surface area contributed by atoms with Gasteiger partial charge in [0.05, 0.1) is 38.9 Å². The van der Waals surface area contributed by atoms with E-state index in [1.165, 1.54) is 88.2 Å². The standard InChI is InChI=1S/C68H47N3/c1-3-4-29-56-45(2)51-25-11-15-30-57(51)68(56)58-31-16-12-27-53(58)66-59(68)32-19-35-63(66)71(65-37-20-36-64-67(65)54-28-14-18-34-61(54)70(64)49-23-9-6-10-24-49)50-41-38-46(39-42-50)47-40-43-62-55(44-47)52-26-13-17-33-60(52)69(62)48-21-7-5-8-22-48/h3-44H,1H2,2H3/b29-4-. The molecule has 3 nitrogen and oxygen atoms in total. The maximum Gasteiger partial charge on any atom is 0.0722 e. The van der Waals surface area contributed by atoms with E-state index in [1.807, 2.05) is 6.08 Å². The molecule has 0 saturated carbocycles. The van der Waals surface area contributed by atoms with Crippen LogP contribution in [0.5, 0.6) is 0 Å². The van der Waals surface area contributed by atoms with Crippen LogP contribution < -0.4 is 4.90 Å². The third-order valence-electron chi connectivity index (χ3n) is 15.3. The molecule has 0 aliphatic heterocycles. The minimum Gasteiger partial charge on any atom is -0.309 e. The molecule has 1 unspecified atom stereocenters. The Hall–Kier alpha value is -9.18. The molecule has 2 aliphatic carbocycles. The van der Waals surface area contributed by atoms with Crippen LogP contribution in [0.3, 0.4) is 0 Å². The van der Waals surface area contributed by atoms with Crippen molar-refractivity contribution in [2.45, 2.75) is 12.3 Å². The van der Waals surface area contributed by atoms with Gasteiger partial charge in [0.1, 0.15) is 0 Å². The van der Waals surface area contributed by atoms with E-state index in [-0.39, 0.29) is 0 Å². The monoisotopic (exact) mass is 905 g/mol. The maximum atomic E-state index is 4.12. The van der Waals surface area contributed by atoms with Gasteiger partial charge in [0.25, 0.3) is 0 Å². The molecule has 0 radical (unpaired) electrons. The Morgan fingerprint density at radius 3 is 1.70 bits per heavy atom. The van der Waals surface area contributed by atoms with Crippen molar-refractivity contribution in [3.63, 3.8) is 0 Å². The van der Waals surface area contributed by atoms with Crippen LogP contribution in [0, 0.1) is 0 Å². The van der Waals surface area contributed by atoms with Crippen molar-refractivity contribution in [3.05, 3.63) is 289 Å². The average molecular weight is 906 g/mol. The lowest BCUT2D eigenvalue weighted by Gasteiger charge is -2.33. The summed E-state index contributed by atoms with van der Waals surface area (Å²) in [6.45, 7) is 6.40. The molecule has 10 aromatic carbocycles. The second-order valence-electron chi connectivity index (χ2n) is 18.8. The number of nitrogens with zero attached hydrogens (tertiary/aromatic N) is 3. The zero-order valence-corrected chi connectivity index (χ0v) is 39.3. The Bertz CT molecular complexity index is 4180.